The highest BCUT2D eigenvalue weighted by molar-refractivity contribution is 6.44. The molecule has 10 heteroatoms. The highest BCUT2D eigenvalue weighted by atomic mass is 35.5. The van der Waals surface area contributed by atoms with Gasteiger partial charge in [-0.2, -0.15) is 18.4 Å². The molecule has 2 rings (SSSR count). The lowest BCUT2D eigenvalue weighted by molar-refractivity contribution is -0.136. The van der Waals surface area contributed by atoms with Crippen LogP contribution in [0.3, 0.4) is 0 Å². The minimum atomic E-state index is -4.68. The van der Waals surface area contributed by atoms with Crippen molar-refractivity contribution in [1.82, 2.24) is 0 Å². The Kier molecular flexibility index (Phi) is 6.60. The summed E-state index contributed by atoms with van der Waals surface area (Å²) >= 11 is 17.4. The van der Waals surface area contributed by atoms with E-state index in [-0.39, 0.29) is 26.4 Å². The molecule has 0 radical (unpaired) electrons. The molecule has 0 unspecified atom stereocenters. The second kappa shape index (κ2) is 8.53. The van der Waals surface area contributed by atoms with Crippen molar-refractivity contribution in [2.24, 2.45) is 0 Å². The zero-order valence-electron chi connectivity index (χ0n) is 13.2. The molecule has 0 aliphatic heterocycles. The van der Waals surface area contributed by atoms with Crippen molar-refractivity contribution >= 4 is 52.1 Å². The van der Waals surface area contributed by atoms with Gasteiger partial charge in [0.15, 0.2) is 0 Å². The standard InChI is InChI=1S/C17H9Cl3F3N3O/c18-10-4-5-13(11(6-10)17(21,22)23)25-8-9(7-24)16(27)26-14-3-1-2-12(19)15(14)20/h1-6,8,25H,(H,26,27)/b9-8-. The van der Waals surface area contributed by atoms with Crippen LogP contribution in [0.15, 0.2) is 48.2 Å². The van der Waals surface area contributed by atoms with Gasteiger partial charge in [0, 0.05) is 11.2 Å². The number of alkyl halides is 3. The number of nitriles is 1. The summed E-state index contributed by atoms with van der Waals surface area (Å²) in [5, 5.41) is 13.9. The van der Waals surface area contributed by atoms with Crippen molar-refractivity contribution < 1.29 is 18.0 Å². The monoisotopic (exact) mass is 433 g/mol. The molecule has 2 aromatic rings. The SMILES string of the molecule is N#C/C(=C/Nc1ccc(Cl)cc1C(F)(F)F)C(=O)Nc1cccc(Cl)c1Cl. The smallest absolute Gasteiger partial charge is 0.360 e. The molecule has 0 saturated carbocycles. The second-order valence-electron chi connectivity index (χ2n) is 5.06. The highest BCUT2D eigenvalue weighted by Gasteiger charge is 2.33. The number of anilines is 2. The van der Waals surface area contributed by atoms with Crippen LogP contribution in [0.4, 0.5) is 24.5 Å². The average molecular weight is 435 g/mol. The van der Waals surface area contributed by atoms with E-state index < -0.39 is 23.2 Å². The van der Waals surface area contributed by atoms with Gasteiger partial charge in [-0.1, -0.05) is 40.9 Å². The molecule has 0 bridgehead atoms. The van der Waals surface area contributed by atoms with E-state index in [0.29, 0.717) is 0 Å². The quantitative estimate of drug-likeness (QED) is 0.450. The summed E-state index contributed by atoms with van der Waals surface area (Å²) in [6.07, 6.45) is -3.82. The third-order valence-electron chi connectivity index (χ3n) is 3.22. The van der Waals surface area contributed by atoms with E-state index in [0.717, 1.165) is 18.3 Å². The number of amides is 1. The molecule has 140 valence electrons. The zero-order chi connectivity index (χ0) is 20.2. The van der Waals surface area contributed by atoms with Crippen LogP contribution >= 0.6 is 34.8 Å². The van der Waals surface area contributed by atoms with Gasteiger partial charge in [0.25, 0.3) is 5.91 Å². The van der Waals surface area contributed by atoms with Crippen molar-refractivity contribution in [3.05, 3.63) is 68.8 Å². The van der Waals surface area contributed by atoms with Crippen LogP contribution in [-0.4, -0.2) is 5.91 Å². The molecule has 4 nitrogen and oxygen atoms in total. The van der Waals surface area contributed by atoms with E-state index in [1.165, 1.54) is 24.3 Å². The van der Waals surface area contributed by atoms with E-state index in [2.05, 4.69) is 10.6 Å². The number of carbonyl (C=O) groups is 1. The number of nitrogens with one attached hydrogen (secondary N) is 2. The maximum Gasteiger partial charge on any atom is 0.418 e. The van der Waals surface area contributed by atoms with E-state index in [1.807, 2.05) is 0 Å². The zero-order valence-corrected chi connectivity index (χ0v) is 15.4. The van der Waals surface area contributed by atoms with Gasteiger partial charge in [0.05, 0.1) is 27.0 Å². The van der Waals surface area contributed by atoms with E-state index in [9.17, 15) is 18.0 Å². The fourth-order valence-electron chi connectivity index (χ4n) is 1.97. The van der Waals surface area contributed by atoms with Crippen LogP contribution in [0, 0.1) is 11.3 Å². The molecule has 0 heterocycles. The number of rotatable bonds is 4. The van der Waals surface area contributed by atoms with Gasteiger partial charge in [-0.15, -0.1) is 0 Å². The highest BCUT2D eigenvalue weighted by Crippen LogP contribution is 2.36. The fraction of sp³-hybridized carbons (Fsp3) is 0.0588. The average Bonchev–Trinajstić information content (AvgIpc) is 2.59. The lowest BCUT2D eigenvalue weighted by Gasteiger charge is -2.13. The van der Waals surface area contributed by atoms with Crippen LogP contribution in [-0.2, 0) is 11.0 Å². The summed E-state index contributed by atoms with van der Waals surface area (Å²) in [7, 11) is 0. The van der Waals surface area contributed by atoms with E-state index in [4.69, 9.17) is 40.1 Å². The molecule has 0 aliphatic carbocycles. The second-order valence-corrected chi connectivity index (χ2v) is 6.28. The molecule has 0 saturated heterocycles. The van der Waals surface area contributed by atoms with Gasteiger partial charge in [0.2, 0.25) is 0 Å². The van der Waals surface area contributed by atoms with Crippen LogP contribution < -0.4 is 10.6 Å². The summed E-state index contributed by atoms with van der Waals surface area (Å²) in [6.45, 7) is 0. The van der Waals surface area contributed by atoms with Gasteiger partial charge in [-0.3, -0.25) is 4.79 Å². The number of benzene rings is 2. The Morgan fingerprint density at radius 1 is 1.11 bits per heavy atom. The molecule has 0 atom stereocenters. The molecule has 2 N–H and O–H groups in total. The number of carbonyl (C=O) groups excluding carboxylic acids is 1. The van der Waals surface area contributed by atoms with Crippen molar-refractivity contribution in [1.29, 1.82) is 5.26 Å². The Hall–Kier alpha value is -2.40. The largest absolute Gasteiger partial charge is 0.418 e. The normalized spacial score (nSPS) is 11.7. The fourth-order valence-corrected chi connectivity index (χ4v) is 2.49. The molecule has 0 aromatic heterocycles. The summed E-state index contributed by atoms with van der Waals surface area (Å²) in [5.41, 5.74) is -1.73. The number of hydrogen-bond donors (Lipinski definition) is 2. The molecular formula is C17H9Cl3F3N3O. The Bertz CT molecular complexity index is 953. The lowest BCUT2D eigenvalue weighted by Crippen LogP contribution is -2.15. The molecular weight excluding hydrogens is 426 g/mol. The summed E-state index contributed by atoms with van der Waals surface area (Å²) < 4.78 is 39.2. The molecule has 27 heavy (non-hydrogen) atoms. The molecule has 1 amide bonds. The van der Waals surface area contributed by atoms with Crippen LogP contribution in [0.5, 0.6) is 0 Å². The van der Waals surface area contributed by atoms with Crippen molar-refractivity contribution in [3.8, 4) is 6.07 Å². The van der Waals surface area contributed by atoms with Crippen molar-refractivity contribution in [3.63, 3.8) is 0 Å². The maximum atomic E-state index is 13.1. The van der Waals surface area contributed by atoms with Gasteiger partial charge in [-0.05, 0) is 30.3 Å². The van der Waals surface area contributed by atoms with E-state index >= 15 is 0 Å². The van der Waals surface area contributed by atoms with Crippen LogP contribution in [0.25, 0.3) is 0 Å². The Morgan fingerprint density at radius 2 is 1.81 bits per heavy atom. The van der Waals surface area contributed by atoms with Gasteiger partial charge < -0.3 is 10.6 Å². The Labute approximate surface area is 167 Å². The third kappa shape index (κ3) is 5.30. The molecule has 0 fully saturated rings. The van der Waals surface area contributed by atoms with Gasteiger partial charge in [-0.25, -0.2) is 0 Å². The first kappa shape index (κ1) is 20.9. The summed E-state index contributed by atoms with van der Waals surface area (Å²) in [6, 6.07) is 9.14. The summed E-state index contributed by atoms with van der Waals surface area (Å²) in [5.74, 6) is -0.878. The molecule has 2 aromatic carbocycles. The number of halogens is 6. The molecule has 0 aliphatic rings. The van der Waals surface area contributed by atoms with Crippen molar-refractivity contribution in [2.45, 2.75) is 6.18 Å². The minimum Gasteiger partial charge on any atom is -0.360 e. The van der Waals surface area contributed by atoms with Crippen LogP contribution in [0.2, 0.25) is 15.1 Å². The molecule has 0 spiro atoms. The number of nitrogens with zero attached hydrogens (tertiary/aromatic N) is 1. The van der Waals surface area contributed by atoms with Crippen molar-refractivity contribution in [2.75, 3.05) is 10.6 Å². The predicted octanol–water partition coefficient (Wildman–Crippen LogP) is 6.12. The van der Waals surface area contributed by atoms with Gasteiger partial charge in [0.1, 0.15) is 11.6 Å². The summed E-state index contributed by atoms with van der Waals surface area (Å²) in [4.78, 5) is 12.2. The van der Waals surface area contributed by atoms with Crippen LogP contribution in [0.1, 0.15) is 5.56 Å². The topological polar surface area (TPSA) is 64.9 Å². The number of hydrogen-bond acceptors (Lipinski definition) is 3. The maximum absolute atomic E-state index is 13.1. The first-order chi connectivity index (χ1) is 12.6. The Morgan fingerprint density at radius 3 is 2.44 bits per heavy atom. The Balaban J connectivity index is 2.26. The van der Waals surface area contributed by atoms with E-state index in [1.54, 1.807) is 6.07 Å². The predicted molar refractivity (Wildman–Crippen MR) is 98.9 cm³/mol. The third-order valence-corrected chi connectivity index (χ3v) is 4.28. The minimum absolute atomic E-state index is 0.0647. The first-order valence-corrected chi connectivity index (χ1v) is 8.25. The van der Waals surface area contributed by atoms with Gasteiger partial charge >= 0.3 is 6.18 Å². The first-order valence-electron chi connectivity index (χ1n) is 7.12. The lowest BCUT2D eigenvalue weighted by atomic mass is 10.1.